The molecular formula is O16P4Pb3. The summed E-state index contributed by atoms with van der Waals surface area (Å²) in [6, 6.07) is 0. The molecule has 0 unspecified atom stereocenters. The van der Waals surface area contributed by atoms with Crippen molar-refractivity contribution in [1.82, 2.24) is 0 Å². The van der Waals surface area contributed by atoms with Gasteiger partial charge in [0.15, 0.2) is 0 Å². The van der Waals surface area contributed by atoms with Crippen LogP contribution in [0.4, 0.5) is 0 Å². The molecule has 0 aliphatic heterocycles. The molecule has 0 aromatic rings. The summed E-state index contributed by atoms with van der Waals surface area (Å²) in [5, 5.41) is 0. The second-order valence-electron chi connectivity index (χ2n) is 1.79. The number of hydrogen-bond donors (Lipinski definition) is 0. The monoisotopic (exact) mass is 1000 g/mol. The van der Waals surface area contributed by atoms with E-state index in [0.29, 0.717) is 0 Å². The van der Waals surface area contributed by atoms with E-state index >= 15 is 0 Å². The molecule has 0 spiro atoms. The fourth-order valence-electron chi connectivity index (χ4n) is 0. The molecule has 0 saturated carbocycles. The predicted octanol–water partition coefficient (Wildman–Crippen LogP) is -12.4. The minimum Gasteiger partial charge on any atom is -0.822 e. The topological polar surface area (TPSA) is 345 Å². The first-order valence-corrected chi connectivity index (χ1v) is 8.76. The van der Waals surface area contributed by atoms with Gasteiger partial charge in [-0.2, -0.15) is 31.3 Å². The number of phosphoric acid groups is 4. The van der Waals surface area contributed by atoms with Crippen LogP contribution in [0.2, 0.25) is 0 Å². The fourth-order valence-corrected chi connectivity index (χ4v) is 0. The van der Waals surface area contributed by atoms with E-state index in [0.717, 1.165) is 0 Å². The molecule has 0 N–H and O–H groups in total. The van der Waals surface area contributed by atoms with E-state index in [9.17, 15) is 0 Å². The van der Waals surface area contributed by atoms with Crippen LogP contribution in [0.5, 0.6) is 0 Å². The quantitative estimate of drug-likeness (QED) is 0.161. The zero-order chi connectivity index (χ0) is 18.0. The standard InChI is InChI=1S/4H3O4P.3Pb/c4*1-5(2,3)4;;;/h4*(H3,1,2,3,4);;;/q;;;;3*+4/p-12. The van der Waals surface area contributed by atoms with Crippen molar-refractivity contribution >= 4 is 113 Å². The number of hydrogen-bond acceptors (Lipinski definition) is 16. The molecule has 0 aromatic carbocycles. The van der Waals surface area contributed by atoms with Gasteiger partial charge in [-0.05, 0) is 0 Å². The molecular weight excluding hydrogens is 1000 g/mol. The molecule has 128 valence electrons. The molecule has 0 amide bonds. The summed E-state index contributed by atoms with van der Waals surface area (Å²) >= 11 is 0. The molecule has 0 rings (SSSR count). The van der Waals surface area contributed by atoms with Crippen molar-refractivity contribution in [2.24, 2.45) is 0 Å². The smallest absolute Gasteiger partial charge is 0.822 e. The van der Waals surface area contributed by atoms with E-state index in [-0.39, 0.29) is 81.9 Å². The van der Waals surface area contributed by atoms with Gasteiger partial charge in [0.2, 0.25) is 0 Å². The van der Waals surface area contributed by atoms with Crippen molar-refractivity contribution in [3.63, 3.8) is 0 Å². The summed E-state index contributed by atoms with van der Waals surface area (Å²) in [5.41, 5.74) is 0. The molecule has 0 aromatic heterocycles. The molecule has 23 heavy (non-hydrogen) atoms. The van der Waals surface area contributed by atoms with Crippen molar-refractivity contribution in [2.45, 2.75) is 0 Å². The summed E-state index contributed by atoms with van der Waals surface area (Å²) in [5.74, 6) is 0. The molecule has 0 fully saturated rings. The average Bonchev–Trinajstić information content (AvgIpc) is 1.62. The SMILES string of the molecule is O=P([O-])([O-])[O-].O=P([O-])([O-])[O-].O=P([O-])([O-])[O-].O=P([O-])([O-])[O-].[Pb+4].[Pb+4].[Pb+4]. The van der Waals surface area contributed by atoms with E-state index < -0.39 is 31.3 Å². The van der Waals surface area contributed by atoms with Crippen LogP contribution in [0.3, 0.4) is 0 Å². The number of rotatable bonds is 0. The van der Waals surface area contributed by atoms with Gasteiger partial charge in [-0.15, -0.1) is 0 Å². The first-order valence-electron chi connectivity index (χ1n) is 2.92. The summed E-state index contributed by atoms with van der Waals surface area (Å²) < 4.78 is 34.2. The Balaban J connectivity index is -0.0000000284. The Hall–Kier alpha value is 3.21. The van der Waals surface area contributed by atoms with E-state index in [1.807, 2.05) is 0 Å². The van der Waals surface area contributed by atoms with Crippen molar-refractivity contribution in [1.29, 1.82) is 0 Å². The van der Waals surface area contributed by atoms with Crippen LogP contribution in [0.15, 0.2) is 0 Å². The van der Waals surface area contributed by atoms with Crippen molar-refractivity contribution < 1.29 is 77.0 Å². The van der Waals surface area contributed by atoms with Gasteiger partial charge in [0.05, 0.1) is 0 Å². The van der Waals surface area contributed by atoms with Gasteiger partial charge in [-0.3, -0.25) is 0 Å². The van der Waals surface area contributed by atoms with Gasteiger partial charge in [0.25, 0.3) is 0 Å². The first kappa shape index (κ1) is 45.1. The van der Waals surface area contributed by atoms with Crippen molar-refractivity contribution in [3.05, 3.63) is 0 Å². The molecule has 0 aliphatic rings. The third-order valence-corrected chi connectivity index (χ3v) is 0. The van der Waals surface area contributed by atoms with Gasteiger partial charge in [-0.1, -0.05) is 0 Å². The maximum atomic E-state index is 8.55. The summed E-state index contributed by atoms with van der Waals surface area (Å²) in [6.07, 6.45) is 0. The van der Waals surface area contributed by atoms with Crippen LogP contribution in [0.1, 0.15) is 0 Å². The second kappa shape index (κ2) is 20.0. The third-order valence-electron chi connectivity index (χ3n) is 0. The molecule has 0 radical (unpaired) electrons. The Labute approximate surface area is 188 Å². The van der Waals surface area contributed by atoms with Crippen LogP contribution in [0.25, 0.3) is 0 Å². The first-order chi connectivity index (χ1) is 8.00. The second-order valence-corrected chi connectivity index (χ2v) is 5.37. The maximum Gasteiger partial charge on any atom is 4.00 e. The molecule has 0 saturated heterocycles. The van der Waals surface area contributed by atoms with Crippen LogP contribution < -0.4 is 58.7 Å². The molecule has 0 bridgehead atoms. The molecule has 0 atom stereocenters. The van der Waals surface area contributed by atoms with Crippen molar-refractivity contribution in [3.8, 4) is 0 Å². The van der Waals surface area contributed by atoms with Crippen molar-refractivity contribution in [2.75, 3.05) is 0 Å². The van der Waals surface area contributed by atoms with Gasteiger partial charge in [-0.25, -0.2) is 0 Å². The Morgan fingerprint density at radius 2 is 0.304 bits per heavy atom. The third kappa shape index (κ3) is 1320. The zero-order valence-electron chi connectivity index (χ0n) is 9.82. The summed E-state index contributed by atoms with van der Waals surface area (Å²) in [6.45, 7) is 0. The Morgan fingerprint density at radius 1 is 0.304 bits per heavy atom. The fraction of sp³-hybridized carbons (Fsp3) is 0. The minimum atomic E-state index is -5.39. The molecule has 23 heteroatoms. The van der Waals surface area contributed by atoms with Gasteiger partial charge < -0.3 is 77.0 Å². The Bertz CT molecular complexity index is 292. The van der Waals surface area contributed by atoms with E-state index in [2.05, 4.69) is 0 Å². The Kier molecular flexibility index (Phi) is 39.2. The molecule has 16 nitrogen and oxygen atoms in total. The normalized spacial score (nSPS) is 10.3. The van der Waals surface area contributed by atoms with Crippen LogP contribution in [-0.4, -0.2) is 81.9 Å². The zero-order valence-corrected chi connectivity index (χ0v) is 25.1. The van der Waals surface area contributed by atoms with Gasteiger partial charge in [0, 0.05) is 0 Å². The van der Waals surface area contributed by atoms with Crippen LogP contribution in [-0.2, 0) is 18.3 Å². The van der Waals surface area contributed by atoms with Crippen LogP contribution in [0, 0.1) is 0 Å². The Morgan fingerprint density at radius 3 is 0.304 bits per heavy atom. The molecule has 0 aliphatic carbocycles. The summed E-state index contributed by atoms with van der Waals surface area (Å²) in [4.78, 5) is 103. The maximum absolute atomic E-state index is 8.55. The van der Waals surface area contributed by atoms with Crippen LogP contribution >= 0.6 is 31.3 Å². The minimum absolute atomic E-state index is 0. The summed E-state index contributed by atoms with van der Waals surface area (Å²) in [7, 11) is -21.6. The van der Waals surface area contributed by atoms with Gasteiger partial charge in [0.1, 0.15) is 0 Å². The van der Waals surface area contributed by atoms with E-state index in [1.165, 1.54) is 0 Å². The van der Waals surface area contributed by atoms with E-state index in [4.69, 9.17) is 77.0 Å². The predicted molar refractivity (Wildman–Crippen MR) is 47.7 cm³/mol. The van der Waals surface area contributed by atoms with Gasteiger partial charge >= 0.3 is 81.9 Å². The molecule has 0 heterocycles. The van der Waals surface area contributed by atoms with E-state index in [1.54, 1.807) is 0 Å². The average molecular weight is 1000 g/mol. The largest absolute Gasteiger partial charge is 4.00 e.